The fourth-order valence-electron chi connectivity index (χ4n) is 3.78. The third-order valence-corrected chi connectivity index (χ3v) is 13.0. The van der Waals surface area contributed by atoms with Crippen molar-refractivity contribution in [1.29, 1.82) is 0 Å². The van der Waals surface area contributed by atoms with Crippen molar-refractivity contribution in [3.63, 3.8) is 0 Å². The Balaban J connectivity index is -0.000000393. The molecule has 0 radical (unpaired) electrons. The van der Waals surface area contributed by atoms with Crippen LogP contribution in [-0.4, -0.2) is 119 Å². The number of likely N-dealkylation sites (N-methyl/N-ethyl adjacent to an activating group) is 4. The Morgan fingerprint density at radius 3 is 0.686 bits per heavy atom. The van der Waals surface area contributed by atoms with E-state index in [1.807, 2.05) is 0 Å². The molecule has 0 spiro atoms. The summed E-state index contributed by atoms with van der Waals surface area (Å²) in [6.07, 6.45) is 8.51. The van der Waals surface area contributed by atoms with E-state index in [0.29, 0.717) is 15.8 Å². The molecule has 0 aromatic carbocycles. The molecule has 0 aliphatic carbocycles. The van der Waals surface area contributed by atoms with E-state index in [-0.39, 0.29) is 21.1 Å². The number of hydrogen-bond donors (Lipinski definition) is 0. The van der Waals surface area contributed by atoms with Crippen LogP contribution < -0.4 is 0 Å². The van der Waals surface area contributed by atoms with E-state index >= 15 is 0 Å². The van der Waals surface area contributed by atoms with Crippen molar-refractivity contribution in [2.75, 3.05) is 89.3 Å². The molecule has 0 N–H and O–H groups in total. The Morgan fingerprint density at radius 2 is 0.629 bits per heavy atom. The molecule has 0 bridgehead atoms. The van der Waals surface area contributed by atoms with Crippen molar-refractivity contribution in [2.45, 2.75) is 69.2 Å². The van der Waals surface area contributed by atoms with Gasteiger partial charge in [0.25, 0.3) is 0 Å². The summed E-state index contributed by atoms with van der Waals surface area (Å²) >= 11 is 10.4. The van der Waals surface area contributed by atoms with Crippen LogP contribution in [0.4, 0.5) is 0 Å². The first-order valence-corrected chi connectivity index (χ1v) is 18.4. The largest absolute Gasteiger partial charge is 0.348 e. The van der Waals surface area contributed by atoms with Crippen molar-refractivity contribution in [2.24, 2.45) is 0 Å². The van der Waals surface area contributed by atoms with E-state index in [1.54, 1.807) is 0 Å². The van der Waals surface area contributed by atoms with Crippen molar-refractivity contribution < 1.29 is 21.1 Å². The molecule has 2 rings (SSSR count). The van der Waals surface area contributed by atoms with Gasteiger partial charge in [-0.2, -0.15) is 0 Å². The first-order valence-electron chi connectivity index (χ1n) is 13.8. The zero-order valence-electron chi connectivity index (χ0n) is 24.7. The van der Waals surface area contributed by atoms with E-state index < -0.39 is 0 Å². The molecule has 2 aliphatic heterocycles. The van der Waals surface area contributed by atoms with Crippen LogP contribution in [0.25, 0.3) is 0 Å². The Kier molecular flexibility index (Phi) is 30.6. The number of hydrogen-bond acceptors (Lipinski definition) is 2. The average Bonchev–Trinajstić information content (AvgIpc) is 3.43. The van der Waals surface area contributed by atoms with Crippen LogP contribution in [0, 0.1) is 0 Å². The fourth-order valence-corrected chi connectivity index (χ4v) is 7.35. The molecule has 2 aliphatic rings. The zero-order chi connectivity index (χ0) is 26.5. The fraction of sp³-hybridized carbons (Fsp3) is 0.923. The summed E-state index contributed by atoms with van der Waals surface area (Å²) in [5.41, 5.74) is 0. The standard InChI is InChI=1S/2C7H14N2S.2C6H15P.Pt/c2*1-3-8-5-6-9(4-2)7(8)10;2*1-4-7(5-2)6-3;/h2*3-6H2,1-2H3;2*4-6H2,1-3H3;. The number of rotatable bonds is 10. The molecule has 2 saturated heterocycles. The van der Waals surface area contributed by atoms with Gasteiger partial charge in [0.1, 0.15) is 0 Å². The molecule has 0 unspecified atom stereocenters. The maximum atomic E-state index is 5.21. The van der Waals surface area contributed by atoms with E-state index in [1.165, 1.54) is 37.0 Å². The van der Waals surface area contributed by atoms with Gasteiger partial charge in [-0.25, -0.2) is 0 Å². The summed E-state index contributed by atoms with van der Waals surface area (Å²) < 4.78 is 0. The van der Waals surface area contributed by atoms with Crippen LogP contribution in [0.5, 0.6) is 0 Å². The van der Waals surface area contributed by atoms with Gasteiger partial charge in [0.15, 0.2) is 10.2 Å². The van der Waals surface area contributed by atoms with Gasteiger partial charge in [-0.05, 0) is 89.1 Å². The molecular weight excluding hydrogens is 689 g/mol. The van der Waals surface area contributed by atoms with Gasteiger partial charge in [-0.1, -0.05) is 41.5 Å². The van der Waals surface area contributed by atoms with Gasteiger partial charge in [0.2, 0.25) is 0 Å². The molecule has 0 amide bonds. The summed E-state index contributed by atoms with van der Waals surface area (Å²) in [6, 6.07) is 0. The molecule has 0 aromatic heterocycles. The molecular formula is C26H58N4P2PtS2. The van der Waals surface area contributed by atoms with Crippen LogP contribution in [0.3, 0.4) is 0 Å². The second-order valence-corrected chi connectivity index (χ2v) is 15.3. The van der Waals surface area contributed by atoms with Gasteiger partial charge in [0.05, 0.1) is 0 Å². The summed E-state index contributed by atoms with van der Waals surface area (Å²) in [5.74, 6) is 0. The minimum absolute atomic E-state index is 0. The SMILES string of the molecule is CCN1CCN(CC)C1=S.CCN1CCN(CC)C1=S.CCP(CC)CC.CCP(CC)CC.[Pt]. The molecule has 214 valence electrons. The van der Waals surface area contributed by atoms with E-state index in [9.17, 15) is 0 Å². The van der Waals surface area contributed by atoms with Gasteiger partial charge >= 0.3 is 0 Å². The second kappa shape index (κ2) is 26.5. The average molecular weight is 748 g/mol. The maximum absolute atomic E-state index is 5.21. The predicted octanol–water partition coefficient (Wildman–Crippen LogP) is 6.91. The molecule has 0 atom stereocenters. The number of nitrogens with zero attached hydrogens (tertiary/aromatic N) is 4. The molecule has 2 heterocycles. The van der Waals surface area contributed by atoms with Crippen LogP contribution >= 0.6 is 40.3 Å². The Labute approximate surface area is 248 Å². The molecule has 9 heteroatoms. The number of thiocarbonyl (C=S) groups is 2. The third-order valence-electron chi connectivity index (χ3n) is 6.57. The van der Waals surface area contributed by atoms with Crippen molar-refractivity contribution in [3.8, 4) is 0 Å². The first kappa shape index (κ1) is 40.4. The topological polar surface area (TPSA) is 13.0 Å². The summed E-state index contributed by atoms with van der Waals surface area (Å²) in [4.78, 5) is 8.94. The van der Waals surface area contributed by atoms with Gasteiger partial charge in [-0.3, -0.25) is 0 Å². The van der Waals surface area contributed by atoms with Crippen molar-refractivity contribution >= 4 is 50.5 Å². The molecule has 2 fully saturated rings. The summed E-state index contributed by atoms with van der Waals surface area (Å²) in [5, 5.41) is 2.06. The Morgan fingerprint density at radius 1 is 0.457 bits per heavy atom. The van der Waals surface area contributed by atoms with Crippen LogP contribution in [0.2, 0.25) is 0 Å². The van der Waals surface area contributed by atoms with E-state index in [4.69, 9.17) is 24.4 Å². The van der Waals surface area contributed by atoms with E-state index in [0.717, 1.165) is 62.6 Å². The van der Waals surface area contributed by atoms with Crippen molar-refractivity contribution in [3.05, 3.63) is 0 Å². The van der Waals surface area contributed by atoms with Crippen LogP contribution in [0.15, 0.2) is 0 Å². The Hall–Kier alpha value is 0.928. The van der Waals surface area contributed by atoms with Gasteiger partial charge in [0, 0.05) is 73.4 Å². The molecule has 0 aromatic rings. The molecule has 0 saturated carbocycles. The second-order valence-electron chi connectivity index (χ2n) is 8.12. The summed E-state index contributed by atoms with van der Waals surface area (Å²) in [6.45, 7) is 31.0. The zero-order valence-corrected chi connectivity index (χ0v) is 30.4. The third kappa shape index (κ3) is 17.2. The first-order chi connectivity index (χ1) is 16.3. The quantitative estimate of drug-likeness (QED) is 0.177. The molecule has 4 nitrogen and oxygen atoms in total. The smallest absolute Gasteiger partial charge is 0.171 e. The van der Waals surface area contributed by atoms with Crippen molar-refractivity contribution in [1.82, 2.24) is 19.6 Å². The van der Waals surface area contributed by atoms with Gasteiger partial charge < -0.3 is 19.6 Å². The van der Waals surface area contributed by atoms with Gasteiger partial charge in [-0.15, -0.1) is 15.8 Å². The van der Waals surface area contributed by atoms with Crippen LogP contribution in [0.1, 0.15) is 69.2 Å². The maximum Gasteiger partial charge on any atom is 0.171 e. The minimum atomic E-state index is 0. The monoisotopic (exact) mass is 747 g/mol. The normalized spacial score (nSPS) is 14.9. The Bertz CT molecular complexity index is 427. The van der Waals surface area contributed by atoms with Crippen LogP contribution in [-0.2, 0) is 21.1 Å². The van der Waals surface area contributed by atoms with E-state index in [2.05, 4.69) is 88.8 Å². The predicted molar refractivity (Wildman–Crippen MR) is 171 cm³/mol. The molecule has 35 heavy (non-hydrogen) atoms. The minimum Gasteiger partial charge on any atom is -0.348 e. The summed E-state index contributed by atoms with van der Waals surface area (Å²) in [7, 11) is 0.892.